The minimum Gasteiger partial charge on any atom is -0.429 e. The molecule has 1 aliphatic carbocycles. The van der Waals surface area contributed by atoms with Crippen LogP contribution >= 0.6 is 0 Å². The molecule has 15 nitrogen and oxygen atoms in total. The third kappa shape index (κ3) is 10.1. The molecule has 0 spiro atoms. The van der Waals surface area contributed by atoms with Crippen LogP contribution in [0.4, 0.5) is 23.2 Å². The molecular weight excluding hydrogens is 770 g/mol. The van der Waals surface area contributed by atoms with E-state index in [-0.39, 0.29) is 43.4 Å². The fourth-order valence-electron chi connectivity index (χ4n) is 10.5. The first kappa shape index (κ1) is 45.3. The number of hydrogen-bond donors (Lipinski definition) is 3. The number of nitrogens with one attached hydrogen (secondary N) is 3. The maximum absolute atomic E-state index is 17.1. The van der Waals surface area contributed by atoms with Gasteiger partial charge in [0.05, 0.1) is 31.1 Å². The van der Waals surface area contributed by atoms with Gasteiger partial charge < -0.3 is 44.1 Å². The maximum atomic E-state index is 17.1. The molecule has 0 aromatic heterocycles. The van der Waals surface area contributed by atoms with E-state index < -0.39 is 102 Å². The predicted molar refractivity (Wildman–Crippen MR) is 214 cm³/mol. The Labute approximate surface area is 347 Å². The fraction of sp³-hybridized carbons (Fsp3) is 0.857. The van der Waals surface area contributed by atoms with Crippen molar-refractivity contribution in [3.63, 3.8) is 0 Å². The smallest absolute Gasteiger partial charge is 0.429 e. The number of rotatable bonds is 5. The van der Waals surface area contributed by atoms with Crippen LogP contribution < -0.4 is 16.0 Å². The second-order valence-corrected chi connectivity index (χ2v) is 19.7. The lowest BCUT2D eigenvalue weighted by atomic mass is 9.71. The van der Waals surface area contributed by atoms with Crippen LogP contribution in [0, 0.1) is 23.7 Å². The highest BCUT2D eigenvalue weighted by Gasteiger charge is 2.59. The molecule has 13 unspecified atom stereocenters. The Morgan fingerprint density at radius 2 is 1.61 bits per heavy atom. The molecule has 5 aliphatic heterocycles. The zero-order valence-corrected chi connectivity index (χ0v) is 36.3. The van der Waals surface area contributed by atoms with E-state index in [1.807, 2.05) is 20.8 Å². The standard InChI is InChI=1S/C42H68F2N6O9/c1-11-30(51)48-17-18-49(23(4)20-48)36-25-19-27(44)33-31-26(43)13-12-14-28(31)55-21-29(56-39(53)58-41(5,6)7)35(57-40(54)59-42(8,9)10)24-15-16-45-32(22(2)3)34(24)50(37(25)46-33)38(52)47-36/h11,22-29,31-37,45-46H,1,12-21H2,2-10H3,(H,47,52)/t23-,24?,25?,26?,27?,28?,29?,31?,32?,33?,34?,35?,36?,37?/m0/s1. The minimum atomic E-state index is -1.50. The van der Waals surface area contributed by atoms with Gasteiger partial charge in [-0.25, -0.2) is 23.2 Å². The summed E-state index contributed by atoms with van der Waals surface area (Å²) >= 11 is 0. The van der Waals surface area contributed by atoms with Gasteiger partial charge in [0.25, 0.3) is 0 Å². The van der Waals surface area contributed by atoms with Gasteiger partial charge in [-0.15, -0.1) is 0 Å². The number of carbonyl (C=O) groups is 4. The van der Waals surface area contributed by atoms with Crippen LogP contribution in [0.3, 0.4) is 0 Å². The first-order valence-electron chi connectivity index (χ1n) is 21.6. The molecule has 6 rings (SSSR count). The molecule has 6 aliphatic rings. The lowest BCUT2D eigenvalue weighted by molar-refractivity contribution is -0.169. The topological polar surface area (TPSA) is 160 Å². The summed E-state index contributed by atoms with van der Waals surface area (Å²) in [6, 6.07) is -2.72. The van der Waals surface area contributed by atoms with Crippen molar-refractivity contribution >= 4 is 24.2 Å². The number of halogens is 2. The van der Waals surface area contributed by atoms with Gasteiger partial charge in [0, 0.05) is 55.5 Å². The van der Waals surface area contributed by atoms with Crippen molar-refractivity contribution in [2.24, 2.45) is 23.7 Å². The zero-order valence-electron chi connectivity index (χ0n) is 36.3. The lowest BCUT2D eigenvalue weighted by Crippen LogP contribution is -2.80. The molecule has 5 saturated heterocycles. The highest BCUT2D eigenvalue weighted by molar-refractivity contribution is 5.87. The van der Waals surface area contributed by atoms with Crippen molar-refractivity contribution in [1.29, 1.82) is 0 Å². The average molecular weight is 839 g/mol. The third-order valence-corrected chi connectivity index (χ3v) is 12.8. The Balaban J connectivity index is 1.48. The van der Waals surface area contributed by atoms with Gasteiger partial charge in [0.15, 0.2) is 6.10 Å². The van der Waals surface area contributed by atoms with Gasteiger partial charge >= 0.3 is 18.3 Å². The number of hydrogen-bond acceptors (Lipinski definition) is 12. The van der Waals surface area contributed by atoms with E-state index in [1.165, 1.54) is 6.08 Å². The van der Waals surface area contributed by atoms with Gasteiger partial charge in [0.2, 0.25) is 5.91 Å². The summed E-state index contributed by atoms with van der Waals surface area (Å²) in [7, 11) is 0. The van der Waals surface area contributed by atoms with Crippen LogP contribution in [0.5, 0.6) is 0 Å². The highest BCUT2D eigenvalue weighted by atomic mass is 19.1. The summed E-state index contributed by atoms with van der Waals surface area (Å²) < 4.78 is 63.7. The van der Waals surface area contributed by atoms with Crippen LogP contribution in [0.15, 0.2) is 12.7 Å². The monoisotopic (exact) mass is 839 g/mol. The molecule has 59 heavy (non-hydrogen) atoms. The summed E-state index contributed by atoms with van der Waals surface area (Å²) in [5, 5.41) is 10.4. The van der Waals surface area contributed by atoms with E-state index in [4.69, 9.17) is 23.7 Å². The second-order valence-electron chi connectivity index (χ2n) is 19.7. The molecule has 6 fully saturated rings. The van der Waals surface area contributed by atoms with E-state index >= 15 is 13.6 Å². The van der Waals surface area contributed by atoms with Crippen molar-refractivity contribution in [2.75, 3.05) is 32.8 Å². The quantitative estimate of drug-likeness (QED) is 0.255. The first-order chi connectivity index (χ1) is 27.7. The molecular formula is C42H68F2N6O9. The van der Waals surface area contributed by atoms with Crippen molar-refractivity contribution < 1.29 is 51.6 Å². The molecule has 2 bridgehead atoms. The molecule has 5 heterocycles. The van der Waals surface area contributed by atoms with Gasteiger partial charge in [-0.2, -0.15) is 0 Å². The molecule has 0 radical (unpaired) electrons. The van der Waals surface area contributed by atoms with Gasteiger partial charge in [-0.1, -0.05) is 20.4 Å². The Morgan fingerprint density at radius 3 is 2.24 bits per heavy atom. The van der Waals surface area contributed by atoms with E-state index in [1.54, 1.807) is 51.3 Å². The number of piperidine rings is 2. The predicted octanol–water partition coefficient (Wildman–Crippen LogP) is 4.88. The number of piperazine rings is 1. The molecule has 0 aromatic rings. The largest absolute Gasteiger partial charge is 0.509 e. The molecule has 0 aromatic carbocycles. The fourth-order valence-corrected chi connectivity index (χ4v) is 10.5. The van der Waals surface area contributed by atoms with Crippen LogP contribution in [0.1, 0.15) is 94.4 Å². The Hall–Kier alpha value is -3.28. The number of fused-ring (bicyclic) bond motifs is 5. The average Bonchev–Trinajstić information content (AvgIpc) is 3.13. The lowest BCUT2D eigenvalue weighted by Gasteiger charge is -2.60. The van der Waals surface area contributed by atoms with E-state index in [2.05, 4.69) is 27.4 Å². The molecule has 3 N–H and O–H groups in total. The van der Waals surface area contributed by atoms with E-state index in [9.17, 15) is 14.4 Å². The number of urea groups is 1. The molecule has 17 heteroatoms. The van der Waals surface area contributed by atoms with Crippen LogP contribution in [0.25, 0.3) is 0 Å². The van der Waals surface area contributed by atoms with Crippen molar-refractivity contribution in [2.45, 2.75) is 173 Å². The van der Waals surface area contributed by atoms with Crippen LogP contribution in [-0.2, 0) is 28.5 Å². The number of alkyl halides is 2. The summed E-state index contributed by atoms with van der Waals surface area (Å²) in [5.41, 5.74) is -1.86. The van der Waals surface area contributed by atoms with Gasteiger partial charge in [0.1, 0.15) is 29.6 Å². The maximum Gasteiger partial charge on any atom is 0.509 e. The van der Waals surface area contributed by atoms with Crippen molar-refractivity contribution in [3.05, 3.63) is 12.7 Å². The van der Waals surface area contributed by atoms with Crippen molar-refractivity contribution in [3.8, 4) is 0 Å². The third-order valence-electron chi connectivity index (χ3n) is 12.8. The van der Waals surface area contributed by atoms with Gasteiger partial charge in [-0.05, 0) is 99.1 Å². The minimum absolute atomic E-state index is 0.0254. The number of nitrogens with zero attached hydrogens (tertiary/aromatic N) is 3. The second kappa shape index (κ2) is 18.0. The van der Waals surface area contributed by atoms with Gasteiger partial charge in [-0.3, -0.25) is 15.0 Å². The zero-order chi connectivity index (χ0) is 43.1. The van der Waals surface area contributed by atoms with Crippen molar-refractivity contribution in [1.82, 2.24) is 30.7 Å². The van der Waals surface area contributed by atoms with E-state index in [0.29, 0.717) is 45.4 Å². The Morgan fingerprint density at radius 1 is 0.932 bits per heavy atom. The summed E-state index contributed by atoms with van der Waals surface area (Å²) in [6.07, 6.45) is -6.81. The highest BCUT2D eigenvalue weighted by Crippen LogP contribution is 2.44. The molecule has 1 saturated carbocycles. The first-order valence-corrected chi connectivity index (χ1v) is 21.6. The van der Waals surface area contributed by atoms with E-state index in [0.717, 1.165) is 0 Å². The summed E-state index contributed by atoms with van der Waals surface area (Å²) in [6.45, 7) is 21.3. The van der Waals surface area contributed by atoms with Crippen LogP contribution in [0.2, 0.25) is 0 Å². The molecule has 334 valence electrons. The number of amides is 3. The molecule has 14 atom stereocenters. The number of ether oxygens (including phenoxy) is 5. The SMILES string of the molecule is C=CC(=O)N1CCN(C2NC(=O)N3C4NC(C(F)CC42)C2C(F)CCCC2OCC(OC(=O)OC(C)(C)C)C(OC(=O)OC(C)(C)C)C2CCNC(C(C)C)C23)[C@@H](C)C1. The number of carbonyl (C=O) groups excluding carboxylic acids is 4. The summed E-state index contributed by atoms with van der Waals surface area (Å²) in [4.78, 5) is 60.5. The normalized spacial score (nSPS) is 38.3. The molecule has 3 amide bonds. The summed E-state index contributed by atoms with van der Waals surface area (Å²) in [5.74, 6) is -2.38. The van der Waals surface area contributed by atoms with Crippen LogP contribution in [-0.4, -0.2) is 150 Å². The Kier molecular flexibility index (Phi) is 13.8. The Bertz CT molecular complexity index is 1540.